The van der Waals surface area contributed by atoms with Crippen LogP contribution in [0.25, 0.3) is 10.9 Å². The molecule has 0 unspecified atom stereocenters. The summed E-state index contributed by atoms with van der Waals surface area (Å²) in [6, 6.07) is 8.24. The van der Waals surface area contributed by atoms with Crippen LogP contribution >= 0.6 is 11.6 Å². The smallest absolute Gasteiger partial charge is 0.433 e. The van der Waals surface area contributed by atoms with Gasteiger partial charge < -0.3 is 4.74 Å². The highest BCUT2D eigenvalue weighted by molar-refractivity contribution is 6.30. The summed E-state index contributed by atoms with van der Waals surface area (Å²) in [6.07, 6.45) is -3.75. The highest BCUT2D eigenvalue weighted by Crippen LogP contribution is 2.29. The van der Waals surface area contributed by atoms with E-state index in [2.05, 4.69) is 15.0 Å². The maximum Gasteiger partial charge on any atom is 0.433 e. The van der Waals surface area contributed by atoms with Gasteiger partial charge in [0.15, 0.2) is 5.69 Å². The predicted octanol–water partition coefficient (Wildman–Crippen LogP) is 4.58. The van der Waals surface area contributed by atoms with Gasteiger partial charge in [-0.2, -0.15) is 13.2 Å². The van der Waals surface area contributed by atoms with Crippen molar-refractivity contribution < 1.29 is 17.9 Å². The van der Waals surface area contributed by atoms with E-state index < -0.39 is 11.9 Å². The quantitative estimate of drug-likeness (QED) is 0.646. The van der Waals surface area contributed by atoms with Crippen molar-refractivity contribution in [2.75, 3.05) is 0 Å². The lowest BCUT2D eigenvalue weighted by molar-refractivity contribution is -0.141. The number of aryl methyl sites for hydroxylation is 1. The van der Waals surface area contributed by atoms with Crippen LogP contribution in [0.5, 0.6) is 5.88 Å². The molecule has 1 aromatic carbocycles. The van der Waals surface area contributed by atoms with E-state index in [1.165, 1.54) is 0 Å². The van der Waals surface area contributed by atoms with Crippen LogP contribution in [0, 0.1) is 6.92 Å². The topological polar surface area (TPSA) is 47.9 Å². The van der Waals surface area contributed by atoms with E-state index >= 15 is 0 Å². The molecule has 0 aliphatic carbocycles. The molecule has 0 radical (unpaired) electrons. The van der Waals surface area contributed by atoms with Crippen molar-refractivity contribution in [2.45, 2.75) is 19.7 Å². The summed E-state index contributed by atoms with van der Waals surface area (Å²) in [5.41, 5.74) is 1.28. The minimum atomic E-state index is -4.55. The lowest BCUT2D eigenvalue weighted by Crippen LogP contribution is -2.09. The molecular weight excluding hydrogens is 343 g/mol. The first-order valence-electron chi connectivity index (χ1n) is 6.91. The van der Waals surface area contributed by atoms with E-state index in [0.29, 0.717) is 5.56 Å². The fraction of sp³-hybridized carbons (Fsp3) is 0.188. The number of halogens is 4. The van der Waals surface area contributed by atoms with E-state index in [9.17, 15) is 13.2 Å². The zero-order chi connectivity index (χ0) is 17.3. The van der Waals surface area contributed by atoms with Gasteiger partial charge in [0, 0.05) is 17.0 Å². The normalized spacial score (nSPS) is 11.7. The lowest BCUT2D eigenvalue weighted by Gasteiger charge is -2.10. The minimum Gasteiger partial charge on any atom is -0.473 e. The van der Waals surface area contributed by atoms with Crippen LogP contribution in [0.3, 0.4) is 0 Å². The summed E-state index contributed by atoms with van der Waals surface area (Å²) in [6.45, 7) is 1.90. The van der Waals surface area contributed by atoms with Gasteiger partial charge in [0.25, 0.3) is 0 Å². The highest BCUT2D eigenvalue weighted by Gasteiger charge is 2.33. The van der Waals surface area contributed by atoms with E-state index in [4.69, 9.17) is 16.3 Å². The Labute approximate surface area is 140 Å². The number of fused-ring (bicyclic) bond motifs is 1. The second kappa shape index (κ2) is 6.24. The molecule has 4 nitrogen and oxygen atoms in total. The molecule has 0 N–H and O–H groups in total. The van der Waals surface area contributed by atoms with E-state index in [1.54, 1.807) is 6.07 Å². The summed E-state index contributed by atoms with van der Waals surface area (Å²) in [5, 5.41) is 1.10. The number of alkyl halides is 3. The Kier molecular flexibility index (Phi) is 4.28. The summed E-state index contributed by atoms with van der Waals surface area (Å²) < 4.78 is 43.2. The highest BCUT2D eigenvalue weighted by atomic mass is 35.5. The number of aromatic nitrogens is 3. The molecule has 0 saturated carbocycles. The molecule has 3 aromatic rings. The minimum absolute atomic E-state index is 0.0516. The Morgan fingerprint density at radius 3 is 2.67 bits per heavy atom. The van der Waals surface area contributed by atoms with Crippen molar-refractivity contribution in [3.05, 3.63) is 58.6 Å². The van der Waals surface area contributed by atoms with Gasteiger partial charge in [0.2, 0.25) is 5.88 Å². The molecule has 0 fully saturated rings. The molecule has 0 aliphatic rings. The standard InChI is InChI=1S/C16H11ClF3N3O/c1-9-2-3-12-10(4-9)5-11(15(17)23-12)7-24-14-6-13(16(18,19)20)21-8-22-14/h2-6,8H,7H2,1H3. The van der Waals surface area contributed by atoms with Crippen molar-refractivity contribution >= 4 is 22.5 Å². The number of rotatable bonds is 3. The average Bonchev–Trinajstić information content (AvgIpc) is 2.53. The SMILES string of the molecule is Cc1ccc2nc(Cl)c(COc3cc(C(F)(F)F)ncn3)cc2c1. The number of ether oxygens (including phenoxy) is 1. The van der Waals surface area contributed by atoms with E-state index in [-0.39, 0.29) is 17.6 Å². The second-order valence-electron chi connectivity index (χ2n) is 5.16. The van der Waals surface area contributed by atoms with Crippen LogP contribution < -0.4 is 4.74 Å². The van der Waals surface area contributed by atoms with Crippen LogP contribution in [-0.4, -0.2) is 15.0 Å². The van der Waals surface area contributed by atoms with Crippen molar-refractivity contribution in [3.8, 4) is 5.88 Å². The summed E-state index contributed by atoms with van der Waals surface area (Å²) >= 11 is 6.11. The molecule has 24 heavy (non-hydrogen) atoms. The Hall–Kier alpha value is -2.41. The summed E-state index contributed by atoms with van der Waals surface area (Å²) in [7, 11) is 0. The van der Waals surface area contributed by atoms with Gasteiger partial charge in [0.05, 0.1) is 5.52 Å². The van der Waals surface area contributed by atoms with Gasteiger partial charge in [-0.1, -0.05) is 23.2 Å². The molecule has 8 heteroatoms. The molecule has 0 amide bonds. The van der Waals surface area contributed by atoms with Crippen molar-refractivity contribution in [3.63, 3.8) is 0 Å². The Bertz CT molecular complexity index is 899. The maximum atomic E-state index is 12.6. The van der Waals surface area contributed by atoms with E-state index in [0.717, 1.165) is 28.9 Å². The van der Waals surface area contributed by atoms with Gasteiger partial charge in [0.1, 0.15) is 18.1 Å². The maximum absolute atomic E-state index is 12.6. The third-order valence-corrected chi connectivity index (χ3v) is 3.63. The molecular formula is C16H11ClF3N3O. The van der Waals surface area contributed by atoms with Gasteiger partial charge in [-0.3, -0.25) is 0 Å². The number of pyridine rings is 1. The molecule has 0 aliphatic heterocycles. The van der Waals surface area contributed by atoms with Crippen molar-refractivity contribution in [1.29, 1.82) is 0 Å². The van der Waals surface area contributed by atoms with E-state index in [1.807, 2.05) is 25.1 Å². The third kappa shape index (κ3) is 3.56. The first-order valence-corrected chi connectivity index (χ1v) is 7.28. The Morgan fingerprint density at radius 2 is 1.92 bits per heavy atom. The zero-order valence-corrected chi connectivity index (χ0v) is 13.2. The van der Waals surface area contributed by atoms with Gasteiger partial charge >= 0.3 is 6.18 Å². The summed E-state index contributed by atoms with van der Waals surface area (Å²) in [5.74, 6) is -0.183. The van der Waals surface area contributed by atoms with Gasteiger partial charge in [-0.25, -0.2) is 15.0 Å². The largest absolute Gasteiger partial charge is 0.473 e. The fourth-order valence-electron chi connectivity index (χ4n) is 2.14. The number of hydrogen-bond acceptors (Lipinski definition) is 4. The molecule has 124 valence electrons. The van der Waals surface area contributed by atoms with Crippen molar-refractivity contribution in [2.24, 2.45) is 0 Å². The Morgan fingerprint density at radius 1 is 1.12 bits per heavy atom. The van der Waals surface area contributed by atoms with Crippen LogP contribution in [-0.2, 0) is 12.8 Å². The predicted molar refractivity (Wildman–Crippen MR) is 82.9 cm³/mol. The van der Waals surface area contributed by atoms with Crippen molar-refractivity contribution in [1.82, 2.24) is 15.0 Å². The third-order valence-electron chi connectivity index (χ3n) is 3.30. The number of nitrogens with zero attached hydrogens (tertiary/aromatic N) is 3. The second-order valence-corrected chi connectivity index (χ2v) is 5.52. The van der Waals surface area contributed by atoms with Gasteiger partial charge in [-0.15, -0.1) is 0 Å². The molecule has 3 rings (SSSR count). The molecule has 0 atom stereocenters. The first-order chi connectivity index (χ1) is 11.3. The molecule has 2 heterocycles. The van der Waals surface area contributed by atoms with Gasteiger partial charge in [-0.05, 0) is 25.1 Å². The monoisotopic (exact) mass is 353 g/mol. The number of benzene rings is 1. The van der Waals surface area contributed by atoms with Crippen LogP contribution in [0.2, 0.25) is 5.15 Å². The molecule has 2 aromatic heterocycles. The number of hydrogen-bond donors (Lipinski definition) is 0. The zero-order valence-electron chi connectivity index (χ0n) is 12.4. The first kappa shape index (κ1) is 16.4. The fourth-order valence-corrected chi connectivity index (χ4v) is 2.34. The average molecular weight is 354 g/mol. The lowest BCUT2D eigenvalue weighted by atomic mass is 10.1. The summed E-state index contributed by atoms with van der Waals surface area (Å²) in [4.78, 5) is 11.1. The van der Waals surface area contributed by atoms with Crippen LogP contribution in [0.1, 0.15) is 16.8 Å². The Balaban J connectivity index is 1.84. The van der Waals surface area contributed by atoms with Crippen LogP contribution in [0.15, 0.2) is 36.7 Å². The molecule has 0 saturated heterocycles. The molecule has 0 bridgehead atoms. The van der Waals surface area contributed by atoms with Crippen LogP contribution in [0.4, 0.5) is 13.2 Å². The molecule has 0 spiro atoms.